The molecule has 0 aromatic carbocycles. The van der Waals surface area contributed by atoms with Gasteiger partial charge in [0.25, 0.3) is 0 Å². The van der Waals surface area contributed by atoms with Gasteiger partial charge in [0, 0.05) is 0 Å². The predicted molar refractivity (Wildman–Crippen MR) is 120 cm³/mol. The molecule has 0 aromatic heterocycles. The minimum absolute atomic E-state index is 0.120. The molecule has 0 saturated carbocycles. The first-order chi connectivity index (χ1) is 13.5. The van der Waals surface area contributed by atoms with Crippen molar-refractivity contribution in [1.82, 2.24) is 5.32 Å². The number of rotatable bonds is 14. The Morgan fingerprint density at radius 1 is 0.759 bits per heavy atom. The quantitative estimate of drug-likeness (QED) is 0.256. The number of hydrogen-bond acceptors (Lipinski definition) is 4. The zero-order valence-electron chi connectivity index (χ0n) is 20.2. The molecule has 0 heterocycles. The van der Waals surface area contributed by atoms with Gasteiger partial charge < -0.3 is 14.8 Å². The zero-order chi connectivity index (χ0) is 22.3. The van der Waals surface area contributed by atoms with Crippen LogP contribution in [-0.4, -0.2) is 31.3 Å². The van der Waals surface area contributed by atoms with Gasteiger partial charge in [-0.3, -0.25) is 0 Å². The summed E-state index contributed by atoms with van der Waals surface area (Å²) in [5, 5.41) is 2.68. The van der Waals surface area contributed by atoms with Crippen LogP contribution >= 0.6 is 0 Å². The summed E-state index contributed by atoms with van der Waals surface area (Å²) >= 11 is 0. The smallest absolute Gasteiger partial charge is 0.407 e. The van der Waals surface area contributed by atoms with Crippen LogP contribution in [-0.2, 0) is 14.3 Å². The van der Waals surface area contributed by atoms with Crippen molar-refractivity contribution in [3.05, 3.63) is 0 Å². The molecule has 0 fully saturated rings. The Balaban J connectivity index is 4.07. The van der Waals surface area contributed by atoms with Gasteiger partial charge in [-0.2, -0.15) is 0 Å². The van der Waals surface area contributed by atoms with Crippen LogP contribution in [0.1, 0.15) is 113 Å². The van der Waals surface area contributed by atoms with Crippen molar-refractivity contribution in [3.8, 4) is 0 Å². The third-order valence-electron chi connectivity index (χ3n) is 4.74. The fourth-order valence-corrected chi connectivity index (χ4v) is 2.92. The van der Waals surface area contributed by atoms with Crippen molar-refractivity contribution in [1.29, 1.82) is 0 Å². The summed E-state index contributed by atoms with van der Waals surface area (Å²) in [6.45, 7) is 14.6. The summed E-state index contributed by atoms with van der Waals surface area (Å²) in [7, 11) is 0. The second-order valence-corrected chi connectivity index (χ2v) is 10.4. The van der Waals surface area contributed by atoms with Crippen LogP contribution in [0.5, 0.6) is 0 Å². The molecule has 0 aliphatic carbocycles. The number of ether oxygens (including phenoxy) is 2. The lowest BCUT2D eigenvalue weighted by Gasteiger charge is -2.29. The van der Waals surface area contributed by atoms with Crippen LogP contribution in [0.2, 0.25) is 0 Å². The summed E-state index contributed by atoms with van der Waals surface area (Å²) in [6, 6.07) is -0.724. The van der Waals surface area contributed by atoms with Crippen LogP contribution in [0.15, 0.2) is 0 Å². The van der Waals surface area contributed by atoms with Crippen LogP contribution in [0.4, 0.5) is 4.79 Å². The van der Waals surface area contributed by atoms with Crippen LogP contribution < -0.4 is 5.32 Å². The Kier molecular flexibility index (Phi) is 14.0. The molecule has 0 saturated heterocycles. The van der Waals surface area contributed by atoms with E-state index in [-0.39, 0.29) is 11.4 Å². The van der Waals surface area contributed by atoms with Gasteiger partial charge in [0.05, 0.1) is 13.2 Å². The molecule has 0 bridgehead atoms. The van der Waals surface area contributed by atoms with E-state index in [4.69, 9.17) is 9.47 Å². The molecule has 0 aliphatic heterocycles. The average Bonchev–Trinajstić information content (AvgIpc) is 2.60. The number of amides is 1. The molecular formula is C24H47NO4. The normalized spacial score (nSPS) is 13.1. The van der Waals surface area contributed by atoms with Crippen molar-refractivity contribution >= 4 is 12.1 Å². The lowest BCUT2D eigenvalue weighted by atomic mass is 9.87. The van der Waals surface area contributed by atoms with Crippen molar-refractivity contribution in [2.45, 2.75) is 119 Å². The summed E-state index contributed by atoms with van der Waals surface area (Å²) < 4.78 is 10.7. The second-order valence-electron chi connectivity index (χ2n) is 10.4. The Morgan fingerprint density at radius 3 is 1.69 bits per heavy atom. The first-order valence-electron chi connectivity index (χ1n) is 11.6. The van der Waals surface area contributed by atoms with Crippen molar-refractivity contribution in [2.24, 2.45) is 10.8 Å². The number of unbranched alkanes of at least 4 members (excludes halogenated alkanes) is 9. The molecule has 5 heteroatoms. The maximum atomic E-state index is 12.5. The fraction of sp³-hybridized carbons (Fsp3) is 0.917. The molecule has 1 atom stereocenters. The van der Waals surface area contributed by atoms with Gasteiger partial charge in [0.2, 0.25) is 0 Å². The second kappa shape index (κ2) is 14.7. The minimum Gasteiger partial charge on any atom is -0.464 e. The van der Waals surface area contributed by atoms with Gasteiger partial charge in [-0.1, -0.05) is 106 Å². The topological polar surface area (TPSA) is 64.6 Å². The van der Waals surface area contributed by atoms with E-state index in [1.807, 2.05) is 41.5 Å². The van der Waals surface area contributed by atoms with Gasteiger partial charge in [-0.05, 0) is 17.3 Å². The van der Waals surface area contributed by atoms with E-state index in [2.05, 4.69) is 12.2 Å². The van der Waals surface area contributed by atoms with E-state index < -0.39 is 17.6 Å². The molecule has 5 nitrogen and oxygen atoms in total. The van der Waals surface area contributed by atoms with Gasteiger partial charge in [0.1, 0.15) is 6.04 Å². The molecule has 1 N–H and O–H groups in total. The lowest BCUT2D eigenvalue weighted by Crippen LogP contribution is -2.50. The average molecular weight is 414 g/mol. The van der Waals surface area contributed by atoms with E-state index in [1.54, 1.807) is 0 Å². The van der Waals surface area contributed by atoms with E-state index in [0.29, 0.717) is 13.2 Å². The molecule has 0 radical (unpaired) electrons. The van der Waals surface area contributed by atoms with E-state index in [9.17, 15) is 9.59 Å². The van der Waals surface area contributed by atoms with E-state index in [1.165, 1.54) is 51.4 Å². The molecule has 1 unspecified atom stereocenters. The first-order valence-corrected chi connectivity index (χ1v) is 11.6. The highest BCUT2D eigenvalue weighted by atomic mass is 16.6. The van der Waals surface area contributed by atoms with Crippen molar-refractivity contribution in [3.63, 3.8) is 0 Å². The number of alkyl carbamates (subject to hydrolysis) is 1. The number of esters is 1. The van der Waals surface area contributed by atoms with E-state index >= 15 is 0 Å². The van der Waals surface area contributed by atoms with Gasteiger partial charge in [-0.15, -0.1) is 0 Å². The Labute approximate surface area is 179 Å². The number of hydrogen-bond donors (Lipinski definition) is 1. The van der Waals surface area contributed by atoms with Crippen LogP contribution in [0.25, 0.3) is 0 Å². The molecular weight excluding hydrogens is 366 g/mol. The first kappa shape index (κ1) is 27.7. The summed E-state index contributed by atoms with van der Waals surface area (Å²) in [6.07, 6.45) is 11.8. The van der Waals surface area contributed by atoms with Crippen LogP contribution in [0, 0.1) is 10.8 Å². The van der Waals surface area contributed by atoms with E-state index in [0.717, 1.165) is 12.8 Å². The molecule has 0 aromatic rings. The standard InChI is InChI=1S/C24H47NO4/c1-8-9-10-11-12-13-14-15-16-17-18-28-21(26)20(24(5,6)7)25-22(27)29-19-23(2,3)4/h20H,8-19H2,1-7H3,(H,25,27). The highest BCUT2D eigenvalue weighted by molar-refractivity contribution is 5.82. The molecule has 0 rings (SSSR count). The van der Waals surface area contributed by atoms with Crippen LogP contribution in [0.3, 0.4) is 0 Å². The van der Waals surface area contributed by atoms with Crippen molar-refractivity contribution in [2.75, 3.05) is 13.2 Å². The monoisotopic (exact) mass is 413 g/mol. The maximum absolute atomic E-state index is 12.5. The number of carbonyl (C=O) groups is 2. The molecule has 172 valence electrons. The Morgan fingerprint density at radius 2 is 1.24 bits per heavy atom. The summed E-state index contributed by atoms with van der Waals surface area (Å²) in [5.74, 6) is -0.388. The number of nitrogens with one attached hydrogen (secondary N) is 1. The third-order valence-corrected chi connectivity index (χ3v) is 4.74. The maximum Gasteiger partial charge on any atom is 0.407 e. The largest absolute Gasteiger partial charge is 0.464 e. The molecule has 1 amide bonds. The van der Waals surface area contributed by atoms with Gasteiger partial charge >= 0.3 is 12.1 Å². The summed E-state index contributed by atoms with van der Waals surface area (Å²) in [4.78, 5) is 24.6. The SMILES string of the molecule is CCCCCCCCCCCCOC(=O)C(NC(=O)OCC(C)(C)C)C(C)(C)C. The minimum atomic E-state index is -0.724. The third kappa shape index (κ3) is 16.2. The highest BCUT2D eigenvalue weighted by Gasteiger charge is 2.34. The highest BCUT2D eigenvalue weighted by Crippen LogP contribution is 2.21. The fourth-order valence-electron chi connectivity index (χ4n) is 2.92. The molecule has 29 heavy (non-hydrogen) atoms. The number of carbonyl (C=O) groups excluding carboxylic acids is 2. The molecule has 0 spiro atoms. The zero-order valence-corrected chi connectivity index (χ0v) is 20.2. The lowest BCUT2D eigenvalue weighted by molar-refractivity contribution is -0.149. The van der Waals surface area contributed by atoms with Gasteiger partial charge in [-0.25, -0.2) is 9.59 Å². The Bertz CT molecular complexity index is 449. The van der Waals surface area contributed by atoms with Crippen molar-refractivity contribution < 1.29 is 19.1 Å². The van der Waals surface area contributed by atoms with Gasteiger partial charge in [0.15, 0.2) is 0 Å². The summed E-state index contributed by atoms with van der Waals surface area (Å²) in [5.41, 5.74) is -0.569. The Hall–Kier alpha value is -1.26. The molecule has 0 aliphatic rings. The predicted octanol–water partition coefficient (Wildman–Crippen LogP) is 6.64.